The number of aliphatic carboxylic acids is 1. The Bertz CT molecular complexity index is 1470. The molecule has 4 aromatic rings. The highest BCUT2D eigenvalue weighted by Gasteiger charge is 2.32. The number of ether oxygens (including phenoxy) is 2. The third-order valence-electron chi connectivity index (χ3n) is 6.42. The number of benzene rings is 4. The van der Waals surface area contributed by atoms with Crippen LogP contribution in [-0.2, 0) is 14.3 Å². The van der Waals surface area contributed by atoms with Crippen LogP contribution >= 0.6 is 23.5 Å². The van der Waals surface area contributed by atoms with Crippen molar-refractivity contribution >= 4 is 56.8 Å². The molecule has 0 aromatic heterocycles. The lowest BCUT2D eigenvalue weighted by molar-refractivity contribution is -0.147. The molecule has 0 bridgehead atoms. The van der Waals surface area contributed by atoms with Crippen molar-refractivity contribution < 1.29 is 24.2 Å². The second-order valence-electron chi connectivity index (χ2n) is 9.05. The molecule has 0 radical (unpaired) electrons. The van der Waals surface area contributed by atoms with Crippen molar-refractivity contribution in [1.29, 1.82) is 0 Å². The highest BCUT2D eigenvalue weighted by Crippen LogP contribution is 2.37. The van der Waals surface area contributed by atoms with Gasteiger partial charge in [0.25, 0.3) is 5.78 Å². The van der Waals surface area contributed by atoms with Crippen LogP contribution in [0.1, 0.15) is 6.42 Å². The number of carbonyl (C=O) groups is 2. The number of allylic oxidation sites excluding steroid dienone is 1. The van der Waals surface area contributed by atoms with Crippen molar-refractivity contribution in [2.45, 2.75) is 16.2 Å². The maximum absolute atomic E-state index is 11.9. The minimum atomic E-state index is -1.46. The lowest BCUT2D eigenvalue weighted by Gasteiger charge is -2.32. The molecule has 0 heterocycles. The molecule has 1 atom stereocenters. The summed E-state index contributed by atoms with van der Waals surface area (Å²) in [7, 11) is 0. The van der Waals surface area contributed by atoms with E-state index in [1.54, 1.807) is 35.7 Å². The first-order chi connectivity index (χ1) is 19.0. The maximum Gasteiger partial charge on any atom is 0.377 e. The zero-order chi connectivity index (χ0) is 27.1. The van der Waals surface area contributed by atoms with E-state index in [0.29, 0.717) is 25.4 Å². The molecule has 0 amide bonds. The molecule has 1 unspecified atom stereocenters. The molecule has 1 aliphatic rings. The van der Waals surface area contributed by atoms with E-state index < -0.39 is 16.7 Å². The topological polar surface area (TPSA) is 72.8 Å². The van der Waals surface area contributed by atoms with E-state index in [-0.39, 0.29) is 5.57 Å². The lowest BCUT2D eigenvalue weighted by atomic mass is 10.0. The monoisotopic (exact) mass is 556 g/mol. The van der Waals surface area contributed by atoms with Crippen LogP contribution < -0.4 is 4.74 Å². The molecule has 4 aromatic carbocycles. The minimum absolute atomic E-state index is 0.181. The van der Waals surface area contributed by atoms with Crippen LogP contribution in [0.25, 0.3) is 21.5 Å². The van der Waals surface area contributed by atoms with Gasteiger partial charge in [0.05, 0.1) is 13.2 Å². The standard InChI is InChI=1S/C32H28O5S2/c33-30(31(34)35)25-13-15-32(16-14-25,37-18-19-38-29-12-10-24-6-2-4-8-27(24)22-29)39-20-17-36-28-11-9-23-5-1-3-7-26(23)21-28/h1-15,21-22H,16-20H2,(H,34,35). The first kappa shape index (κ1) is 27.1. The van der Waals surface area contributed by atoms with Crippen molar-refractivity contribution in [3.05, 3.63) is 109 Å². The number of carboxylic acids is 1. The number of ketones is 1. The largest absolute Gasteiger partial charge is 0.493 e. The molecule has 0 aliphatic heterocycles. The van der Waals surface area contributed by atoms with Crippen LogP contribution in [0.5, 0.6) is 5.75 Å². The van der Waals surface area contributed by atoms with Crippen molar-refractivity contribution in [2.75, 3.05) is 24.7 Å². The summed E-state index contributed by atoms with van der Waals surface area (Å²) in [6, 6.07) is 28.9. The molecule has 0 fully saturated rings. The predicted octanol–water partition coefficient (Wildman–Crippen LogP) is 7.15. The van der Waals surface area contributed by atoms with Gasteiger partial charge in [-0.3, -0.25) is 4.79 Å². The summed E-state index contributed by atoms with van der Waals surface area (Å²) in [6.45, 7) is 0.981. The van der Waals surface area contributed by atoms with Gasteiger partial charge in [-0.05, 0) is 51.9 Å². The van der Waals surface area contributed by atoms with Gasteiger partial charge in [-0.25, -0.2) is 4.79 Å². The van der Waals surface area contributed by atoms with Gasteiger partial charge in [-0.2, -0.15) is 0 Å². The van der Waals surface area contributed by atoms with Gasteiger partial charge in [0.2, 0.25) is 0 Å². The number of Topliss-reactive ketones (excluding diaryl/α,β-unsaturated/α-hetero) is 1. The summed E-state index contributed by atoms with van der Waals surface area (Å²) in [4.78, 5) is 23.6. The molecular weight excluding hydrogens is 528 g/mol. The Balaban J connectivity index is 1.18. The Labute approximate surface area is 235 Å². The Kier molecular flexibility index (Phi) is 8.71. The smallest absolute Gasteiger partial charge is 0.377 e. The molecule has 5 rings (SSSR count). The summed E-state index contributed by atoms with van der Waals surface area (Å²) >= 11 is 3.32. The highest BCUT2D eigenvalue weighted by atomic mass is 32.2. The Morgan fingerprint density at radius 3 is 2.21 bits per heavy atom. The van der Waals surface area contributed by atoms with E-state index >= 15 is 0 Å². The van der Waals surface area contributed by atoms with Gasteiger partial charge in [0, 0.05) is 28.4 Å². The Morgan fingerprint density at radius 2 is 1.51 bits per heavy atom. The van der Waals surface area contributed by atoms with E-state index in [9.17, 15) is 9.59 Å². The van der Waals surface area contributed by atoms with Crippen molar-refractivity contribution in [2.24, 2.45) is 0 Å². The van der Waals surface area contributed by atoms with Gasteiger partial charge in [0.15, 0.2) is 0 Å². The molecule has 7 heteroatoms. The van der Waals surface area contributed by atoms with Gasteiger partial charge in [-0.15, -0.1) is 23.5 Å². The average molecular weight is 557 g/mol. The van der Waals surface area contributed by atoms with Crippen molar-refractivity contribution in [1.82, 2.24) is 0 Å². The number of rotatable bonds is 12. The van der Waals surface area contributed by atoms with Gasteiger partial charge in [-0.1, -0.05) is 72.8 Å². The molecule has 39 heavy (non-hydrogen) atoms. The highest BCUT2D eigenvalue weighted by molar-refractivity contribution is 8.00. The molecule has 1 aliphatic carbocycles. The van der Waals surface area contributed by atoms with E-state index in [4.69, 9.17) is 14.6 Å². The molecule has 0 saturated carbocycles. The van der Waals surface area contributed by atoms with E-state index in [1.165, 1.54) is 21.1 Å². The van der Waals surface area contributed by atoms with Crippen molar-refractivity contribution in [3.8, 4) is 5.75 Å². The quantitative estimate of drug-likeness (QED) is 0.0860. The van der Waals surface area contributed by atoms with Gasteiger partial charge < -0.3 is 14.6 Å². The first-order valence-corrected chi connectivity index (χ1v) is 14.7. The number of carboxylic acid groups (broad SMARTS) is 1. The minimum Gasteiger partial charge on any atom is -0.493 e. The SMILES string of the molecule is O=C(O)C(=O)C1=CCC(OCCSc2ccc3ccccc3c2)(SCCOc2ccc3ccccc3c2)C=C1. The number of thioether (sulfide) groups is 2. The zero-order valence-electron chi connectivity index (χ0n) is 21.2. The summed E-state index contributed by atoms with van der Waals surface area (Å²) in [6.07, 6.45) is 5.43. The Hall–Kier alpha value is -3.52. The van der Waals surface area contributed by atoms with Crippen LogP contribution in [0.4, 0.5) is 0 Å². The summed E-state index contributed by atoms with van der Waals surface area (Å²) in [5, 5.41) is 13.8. The molecule has 5 nitrogen and oxygen atoms in total. The van der Waals surface area contributed by atoms with Crippen LogP contribution in [0, 0.1) is 0 Å². The maximum atomic E-state index is 11.9. The molecule has 198 valence electrons. The van der Waals surface area contributed by atoms with Crippen LogP contribution in [0.15, 0.2) is 114 Å². The Morgan fingerprint density at radius 1 is 0.821 bits per heavy atom. The summed E-state index contributed by atoms with van der Waals surface area (Å²) in [5.41, 5.74) is 0.181. The average Bonchev–Trinajstić information content (AvgIpc) is 2.97. The second-order valence-corrected chi connectivity index (χ2v) is 11.6. The first-order valence-electron chi connectivity index (χ1n) is 12.7. The van der Waals surface area contributed by atoms with E-state index in [0.717, 1.165) is 16.9 Å². The normalized spacial score (nSPS) is 16.8. The van der Waals surface area contributed by atoms with Crippen molar-refractivity contribution in [3.63, 3.8) is 0 Å². The summed E-state index contributed by atoms with van der Waals surface area (Å²) < 4.78 is 12.4. The fourth-order valence-electron chi connectivity index (χ4n) is 4.41. The molecule has 0 spiro atoms. The third-order valence-corrected chi connectivity index (χ3v) is 8.66. The van der Waals surface area contributed by atoms with Gasteiger partial charge >= 0.3 is 5.97 Å². The third kappa shape index (κ3) is 6.92. The second kappa shape index (κ2) is 12.6. The fourth-order valence-corrected chi connectivity index (χ4v) is 6.24. The number of carbonyl (C=O) groups excluding carboxylic acids is 1. The number of hydrogen-bond acceptors (Lipinski definition) is 6. The van der Waals surface area contributed by atoms with Crippen LogP contribution in [0.2, 0.25) is 0 Å². The van der Waals surface area contributed by atoms with Gasteiger partial charge in [0.1, 0.15) is 10.7 Å². The predicted molar refractivity (Wildman–Crippen MR) is 160 cm³/mol. The number of hydrogen-bond donors (Lipinski definition) is 1. The van der Waals surface area contributed by atoms with E-state index in [2.05, 4.69) is 42.5 Å². The zero-order valence-corrected chi connectivity index (χ0v) is 22.9. The molecular formula is C32H28O5S2. The lowest BCUT2D eigenvalue weighted by Crippen LogP contribution is -2.31. The van der Waals surface area contributed by atoms with Crippen LogP contribution in [-0.4, -0.2) is 46.5 Å². The summed E-state index contributed by atoms with van der Waals surface area (Å²) in [5.74, 6) is -0.138. The van der Waals surface area contributed by atoms with Crippen LogP contribution in [0.3, 0.4) is 0 Å². The van der Waals surface area contributed by atoms with E-state index in [1.807, 2.05) is 48.5 Å². The molecule has 1 N–H and O–H groups in total. The number of fused-ring (bicyclic) bond motifs is 2. The molecule has 0 saturated heterocycles. The fraction of sp³-hybridized carbons (Fsp3) is 0.188.